The molecule has 1 aromatic heterocycles. The van der Waals surface area contributed by atoms with Gasteiger partial charge in [-0.3, -0.25) is 10.1 Å². The molecule has 1 saturated heterocycles. The first-order valence-corrected chi connectivity index (χ1v) is 8.95. The van der Waals surface area contributed by atoms with E-state index in [1.165, 1.54) is 11.3 Å². The fraction of sp³-hybridized carbons (Fsp3) is 0.353. The number of carbonyl (C=O) groups is 2. The molecule has 124 valence electrons. The zero-order chi connectivity index (χ0) is 16.7. The van der Waals surface area contributed by atoms with E-state index < -0.39 is 0 Å². The monoisotopic (exact) mass is 342 g/mol. The number of aryl methyl sites for hydroxylation is 1. The van der Waals surface area contributed by atoms with Crippen molar-refractivity contribution in [3.63, 3.8) is 0 Å². The molecule has 7 heteroatoms. The smallest absolute Gasteiger partial charge is 0.324 e. The van der Waals surface area contributed by atoms with Crippen molar-refractivity contribution in [1.29, 1.82) is 0 Å². The third kappa shape index (κ3) is 2.54. The van der Waals surface area contributed by atoms with Gasteiger partial charge in [-0.25, -0.2) is 9.78 Å². The first kappa shape index (κ1) is 15.1. The lowest BCUT2D eigenvalue weighted by atomic mass is 9.96. The van der Waals surface area contributed by atoms with Crippen molar-refractivity contribution in [3.05, 3.63) is 39.7 Å². The highest BCUT2D eigenvalue weighted by molar-refractivity contribution is 7.09. The number of piperidine rings is 1. The Hall–Kier alpha value is -2.41. The van der Waals surface area contributed by atoms with Crippen molar-refractivity contribution in [2.24, 2.45) is 0 Å². The van der Waals surface area contributed by atoms with Crippen LogP contribution in [-0.2, 0) is 0 Å². The van der Waals surface area contributed by atoms with E-state index in [-0.39, 0.29) is 18.0 Å². The summed E-state index contributed by atoms with van der Waals surface area (Å²) in [4.78, 5) is 31.0. The predicted octanol–water partition coefficient (Wildman–Crippen LogP) is 3.78. The Labute approximate surface area is 143 Å². The summed E-state index contributed by atoms with van der Waals surface area (Å²) in [7, 11) is 0. The van der Waals surface area contributed by atoms with Crippen LogP contribution in [0.5, 0.6) is 0 Å². The maximum Gasteiger partial charge on any atom is 0.324 e. The Balaban J connectivity index is 1.59. The normalized spacial score (nSPS) is 19.0. The highest BCUT2D eigenvalue weighted by Gasteiger charge is 2.39. The molecule has 2 aliphatic rings. The van der Waals surface area contributed by atoms with Crippen LogP contribution in [0.2, 0.25) is 0 Å². The number of nitrogens with one attached hydrogen (secondary N) is 2. The molecule has 1 aromatic carbocycles. The number of hydrogen-bond donors (Lipinski definition) is 2. The number of rotatable bonds is 2. The lowest BCUT2D eigenvalue weighted by molar-refractivity contribution is 0.0672. The molecule has 0 spiro atoms. The van der Waals surface area contributed by atoms with Crippen LogP contribution in [0.25, 0.3) is 0 Å². The van der Waals surface area contributed by atoms with Crippen LogP contribution in [0.15, 0.2) is 23.6 Å². The number of aromatic nitrogens is 1. The molecule has 0 saturated carbocycles. The molecule has 0 bridgehead atoms. The van der Waals surface area contributed by atoms with E-state index in [0.717, 1.165) is 36.4 Å². The number of amides is 3. The van der Waals surface area contributed by atoms with E-state index in [2.05, 4.69) is 15.6 Å². The van der Waals surface area contributed by atoms with Gasteiger partial charge in [0.1, 0.15) is 5.82 Å². The van der Waals surface area contributed by atoms with Gasteiger partial charge in [-0.15, -0.1) is 11.3 Å². The van der Waals surface area contributed by atoms with E-state index in [0.29, 0.717) is 17.1 Å². The first-order valence-electron chi connectivity index (χ1n) is 8.07. The SMILES string of the molecule is Cc1nc(NC(=O)Nc2cccc3c2C2CCCCN2C3=O)cs1. The Morgan fingerprint density at radius 3 is 3.00 bits per heavy atom. The molecule has 6 nitrogen and oxygen atoms in total. The zero-order valence-corrected chi connectivity index (χ0v) is 14.2. The number of benzene rings is 1. The van der Waals surface area contributed by atoms with Gasteiger partial charge in [0.25, 0.3) is 5.91 Å². The van der Waals surface area contributed by atoms with Gasteiger partial charge >= 0.3 is 6.03 Å². The van der Waals surface area contributed by atoms with Crippen LogP contribution < -0.4 is 10.6 Å². The number of nitrogens with zero attached hydrogens (tertiary/aromatic N) is 2. The summed E-state index contributed by atoms with van der Waals surface area (Å²) < 4.78 is 0. The van der Waals surface area contributed by atoms with Gasteiger partial charge in [0.05, 0.1) is 11.0 Å². The van der Waals surface area contributed by atoms with Crippen LogP contribution in [0.3, 0.4) is 0 Å². The van der Waals surface area contributed by atoms with Crippen molar-refractivity contribution in [3.8, 4) is 0 Å². The minimum Gasteiger partial charge on any atom is -0.331 e. The average molecular weight is 342 g/mol. The van der Waals surface area contributed by atoms with Crippen molar-refractivity contribution in [2.75, 3.05) is 17.2 Å². The molecule has 24 heavy (non-hydrogen) atoms. The third-order valence-electron chi connectivity index (χ3n) is 4.54. The van der Waals surface area contributed by atoms with Gasteiger partial charge < -0.3 is 10.2 Å². The lowest BCUT2D eigenvalue weighted by Crippen LogP contribution is -2.32. The van der Waals surface area contributed by atoms with E-state index in [1.807, 2.05) is 30.0 Å². The molecule has 1 fully saturated rings. The molecule has 2 aromatic rings. The fourth-order valence-corrected chi connectivity index (χ4v) is 4.08. The molecule has 0 radical (unpaired) electrons. The molecule has 2 aliphatic heterocycles. The van der Waals surface area contributed by atoms with Gasteiger partial charge in [-0.05, 0) is 38.3 Å². The fourth-order valence-electron chi connectivity index (χ4n) is 3.54. The van der Waals surface area contributed by atoms with Crippen LogP contribution >= 0.6 is 11.3 Å². The molecule has 4 rings (SSSR count). The minimum absolute atomic E-state index is 0.0777. The van der Waals surface area contributed by atoms with Crippen LogP contribution in [0, 0.1) is 6.92 Å². The molecular formula is C17H18N4O2S. The molecule has 1 unspecified atom stereocenters. The van der Waals surface area contributed by atoms with E-state index in [4.69, 9.17) is 0 Å². The number of fused-ring (bicyclic) bond motifs is 3. The first-order chi connectivity index (χ1) is 11.6. The quantitative estimate of drug-likeness (QED) is 0.872. The largest absolute Gasteiger partial charge is 0.331 e. The van der Waals surface area contributed by atoms with E-state index in [1.54, 1.807) is 5.38 Å². The maximum atomic E-state index is 12.6. The van der Waals surface area contributed by atoms with Crippen LogP contribution in [0.4, 0.5) is 16.3 Å². The molecule has 0 aliphatic carbocycles. The summed E-state index contributed by atoms with van der Waals surface area (Å²) in [5, 5.41) is 8.33. The van der Waals surface area contributed by atoms with E-state index >= 15 is 0 Å². The molecule has 2 N–H and O–H groups in total. The predicted molar refractivity (Wildman–Crippen MR) is 93.6 cm³/mol. The maximum absolute atomic E-state index is 12.6. The van der Waals surface area contributed by atoms with Gasteiger partial charge in [0, 0.05) is 28.7 Å². The zero-order valence-electron chi connectivity index (χ0n) is 13.3. The standard InChI is InChI=1S/C17H18N4O2S/c1-10-18-14(9-24-10)20-17(23)19-12-6-4-5-11-15(12)13-7-2-3-8-21(13)16(11)22/h4-6,9,13H,2-3,7-8H2,1H3,(H2,19,20,23). The lowest BCUT2D eigenvalue weighted by Gasteiger charge is -2.30. The Morgan fingerprint density at radius 1 is 1.33 bits per heavy atom. The second-order valence-electron chi connectivity index (χ2n) is 6.11. The van der Waals surface area contributed by atoms with Crippen molar-refractivity contribution in [2.45, 2.75) is 32.2 Å². The highest BCUT2D eigenvalue weighted by atomic mass is 32.1. The average Bonchev–Trinajstić information content (AvgIpc) is 3.10. The summed E-state index contributed by atoms with van der Waals surface area (Å²) in [6, 6.07) is 5.27. The Bertz CT molecular complexity index is 817. The second kappa shape index (κ2) is 5.90. The van der Waals surface area contributed by atoms with E-state index in [9.17, 15) is 9.59 Å². The summed E-state index contributed by atoms with van der Waals surface area (Å²) in [6.07, 6.45) is 3.10. The number of urea groups is 1. The summed E-state index contributed by atoms with van der Waals surface area (Å²) in [6.45, 7) is 2.68. The molecule has 3 amide bonds. The number of hydrogen-bond acceptors (Lipinski definition) is 4. The van der Waals surface area contributed by atoms with Crippen molar-refractivity contribution >= 4 is 34.8 Å². The minimum atomic E-state index is -0.338. The van der Waals surface area contributed by atoms with Gasteiger partial charge in [-0.2, -0.15) is 0 Å². The van der Waals surface area contributed by atoms with Crippen LogP contribution in [0.1, 0.15) is 46.2 Å². The topological polar surface area (TPSA) is 74.3 Å². The van der Waals surface area contributed by atoms with Gasteiger partial charge in [0.15, 0.2) is 0 Å². The summed E-state index contributed by atoms with van der Waals surface area (Å²) in [5.41, 5.74) is 2.37. The van der Waals surface area contributed by atoms with Crippen molar-refractivity contribution in [1.82, 2.24) is 9.88 Å². The molecule has 3 heterocycles. The second-order valence-corrected chi connectivity index (χ2v) is 7.17. The highest BCUT2D eigenvalue weighted by Crippen LogP contribution is 2.43. The van der Waals surface area contributed by atoms with Gasteiger partial charge in [0.2, 0.25) is 0 Å². The molecular weight excluding hydrogens is 324 g/mol. The summed E-state index contributed by atoms with van der Waals surface area (Å²) >= 11 is 1.48. The summed E-state index contributed by atoms with van der Waals surface area (Å²) in [5.74, 6) is 0.617. The third-order valence-corrected chi connectivity index (χ3v) is 5.32. The number of thiazole rings is 1. The number of carbonyl (C=O) groups excluding carboxylic acids is 2. The van der Waals surface area contributed by atoms with Gasteiger partial charge in [-0.1, -0.05) is 6.07 Å². The van der Waals surface area contributed by atoms with Crippen molar-refractivity contribution < 1.29 is 9.59 Å². The molecule has 1 atom stereocenters. The van der Waals surface area contributed by atoms with Crippen LogP contribution in [-0.4, -0.2) is 28.4 Å². The Morgan fingerprint density at radius 2 is 2.21 bits per heavy atom. The number of anilines is 2. The Kier molecular flexibility index (Phi) is 3.72.